The van der Waals surface area contributed by atoms with E-state index >= 15 is 0 Å². The number of hydrogen-bond donors (Lipinski definition) is 1. The highest BCUT2D eigenvalue weighted by molar-refractivity contribution is 8.13. The van der Waals surface area contributed by atoms with Gasteiger partial charge in [-0.3, -0.25) is 0 Å². The molecule has 0 spiro atoms. The molecule has 1 aromatic rings. The van der Waals surface area contributed by atoms with Crippen molar-refractivity contribution in [1.82, 2.24) is 0 Å². The normalized spacial score (nSPS) is 29.0. The fourth-order valence-corrected chi connectivity index (χ4v) is 4.11. The Kier molecular flexibility index (Phi) is 2.97. The quantitative estimate of drug-likeness (QED) is 0.772. The van der Waals surface area contributed by atoms with E-state index in [9.17, 15) is 5.11 Å². The molecule has 90 valence electrons. The van der Waals surface area contributed by atoms with Crippen LogP contribution in [0.3, 0.4) is 0 Å². The van der Waals surface area contributed by atoms with E-state index in [0.717, 1.165) is 24.3 Å². The summed E-state index contributed by atoms with van der Waals surface area (Å²) in [6.45, 7) is 0.994. The second-order valence-electron chi connectivity index (χ2n) is 4.83. The van der Waals surface area contributed by atoms with Crippen molar-refractivity contribution in [3.63, 3.8) is 0 Å². The van der Waals surface area contributed by atoms with Gasteiger partial charge >= 0.3 is 5.72 Å². The van der Waals surface area contributed by atoms with Crippen molar-refractivity contribution in [2.75, 3.05) is 12.3 Å². The van der Waals surface area contributed by atoms with E-state index in [1.54, 1.807) is 0 Å². The molecule has 1 atom stereocenters. The topological polar surface area (TPSA) is 23.2 Å². The maximum Gasteiger partial charge on any atom is 0.302 e. The summed E-state index contributed by atoms with van der Waals surface area (Å²) in [5.74, 6) is 0.770. The van der Waals surface area contributed by atoms with E-state index in [1.807, 2.05) is 42.1 Å². The van der Waals surface area contributed by atoms with Gasteiger partial charge < -0.3 is 5.11 Å². The van der Waals surface area contributed by atoms with Gasteiger partial charge in [0.05, 0.1) is 5.56 Å². The molecule has 17 heavy (non-hydrogen) atoms. The lowest BCUT2D eigenvalue weighted by Gasteiger charge is -2.20. The third-order valence-electron chi connectivity index (χ3n) is 3.70. The van der Waals surface area contributed by atoms with Gasteiger partial charge in [0.2, 0.25) is 5.04 Å². The van der Waals surface area contributed by atoms with E-state index in [1.165, 1.54) is 24.3 Å². The molecule has 0 saturated carbocycles. The van der Waals surface area contributed by atoms with Crippen molar-refractivity contribution in [3.8, 4) is 0 Å². The number of aliphatic hydroxyl groups is 1. The molecule has 2 nitrogen and oxygen atoms in total. The lowest BCUT2D eigenvalue weighted by Crippen LogP contribution is -2.39. The molecule has 0 amide bonds. The Bertz CT molecular complexity index is 443. The van der Waals surface area contributed by atoms with Crippen molar-refractivity contribution in [3.05, 3.63) is 35.9 Å². The highest BCUT2D eigenvalue weighted by Crippen LogP contribution is 2.36. The van der Waals surface area contributed by atoms with Crippen LogP contribution in [0, 0.1) is 0 Å². The van der Waals surface area contributed by atoms with Crippen molar-refractivity contribution < 1.29 is 9.68 Å². The molecule has 2 aliphatic heterocycles. The second kappa shape index (κ2) is 4.46. The van der Waals surface area contributed by atoms with Crippen LogP contribution in [0.5, 0.6) is 0 Å². The first-order chi connectivity index (χ1) is 8.31. The van der Waals surface area contributed by atoms with E-state index in [0.29, 0.717) is 0 Å². The molecule has 0 aliphatic carbocycles. The zero-order valence-electron chi connectivity index (χ0n) is 9.93. The van der Waals surface area contributed by atoms with Crippen LogP contribution in [0.2, 0.25) is 0 Å². The zero-order chi connectivity index (χ0) is 11.7. The summed E-state index contributed by atoms with van der Waals surface area (Å²) in [4.78, 5) is 0. The Labute approximate surface area is 106 Å². The summed E-state index contributed by atoms with van der Waals surface area (Å²) in [5.41, 5.74) is 0.260. The fourth-order valence-electron chi connectivity index (χ4n) is 2.73. The largest absolute Gasteiger partial charge is 0.330 e. The van der Waals surface area contributed by atoms with Crippen LogP contribution in [0.1, 0.15) is 31.2 Å². The van der Waals surface area contributed by atoms with Crippen molar-refractivity contribution >= 4 is 16.8 Å². The molecule has 0 aromatic heterocycles. The molecule has 1 N–H and O–H groups in total. The van der Waals surface area contributed by atoms with Crippen LogP contribution in [0.4, 0.5) is 0 Å². The molecule has 0 radical (unpaired) electrons. The minimum absolute atomic E-state index is 0.770. The van der Waals surface area contributed by atoms with E-state index < -0.39 is 5.72 Å². The molecule has 2 aliphatic rings. The predicted molar refractivity (Wildman–Crippen MR) is 71.4 cm³/mol. The lowest BCUT2D eigenvalue weighted by atomic mass is 10.0. The first-order valence-corrected chi connectivity index (χ1v) is 7.33. The van der Waals surface area contributed by atoms with Gasteiger partial charge in [-0.1, -0.05) is 30.0 Å². The molecule has 3 rings (SSSR count). The maximum atomic E-state index is 11.0. The average molecular weight is 248 g/mol. The molecule has 0 bridgehead atoms. The van der Waals surface area contributed by atoms with E-state index in [4.69, 9.17) is 0 Å². The minimum atomic E-state index is -0.772. The molecular weight excluding hydrogens is 230 g/mol. The Morgan fingerprint density at radius 3 is 2.76 bits per heavy atom. The van der Waals surface area contributed by atoms with Crippen LogP contribution in [0.25, 0.3) is 0 Å². The summed E-state index contributed by atoms with van der Waals surface area (Å²) in [6.07, 6.45) is 4.88. The van der Waals surface area contributed by atoms with Gasteiger partial charge in [-0.2, -0.15) is 4.58 Å². The third-order valence-corrected chi connectivity index (χ3v) is 5.00. The highest BCUT2D eigenvalue weighted by Gasteiger charge is 2.48. The van der Waals surface area contributed by atoms with E-state index in [2.05, 4.69) is 4.58 Å². The van der Waals surface area contributed by atoms with Crippen molar-refractivity contribution in [2.24, 2.45) is 0 Å². The second-order valence-corrected chi connectivity index (χ2v) is 5.88. The number of benzene rings is 1. The molecule has 0 saturated heterocycles. The Balaban J connectivity index is 2.00. The predicted octanol–water partition coefficient (Wildman–Crippen LogP) is 2.56. The van der Waals surface area contributed by atoms with Gasteiger partial charge in [-0.15, -0.1) is 0 Å². The fraction of sp³-hybridized carbons (Fsp3) is 0.500. The molecular formula is C14H18NOS+. The van der Waals surface area contributed by atoms with Crippen LogP contribution in [0.15, 0.2) is 30.3 Å². The minimum Gasteiger partial charge on any atom is -0.330 e. The monoisotopic (exact) mass is 248 g/mol. The number of nitrogens with zero attached hydrogens (tertiary/aromatic N) is 1. The first kappa shape index (κ1) is 11.3. The SMILES string of the molecule is O[C@]1(c2ccccc2)CSC2=[N+]1CCCCC2. The summed E-state index contributed by atoms with van der Waals surface area (Å²) in [6, 6.07) is 10.1. The molecule has 0 fully saturated rings. The number of thioether (sulfide) groups is 1. The zero-order valence-corrected chi connectivity index (χ0v) is 10.7. The molecule has 0 unspecified atom stereocenters. The van der Waals surface area contributed by atoms with Crippen LogP contribution in [-0.2, 0) is 5.72 Å². The Morgan fingerprint density at radius 2 is 1.94 bits per heavy atom. The molecule has 1 aromatic carbocycles. The standard InChI is InChI=1S/C14H18NOS/c16-14(12-7-3-1-4-8-12)11-17-13-9-5-2-6-10-15(13)14/h1,3-4,7-8,16H,2,5-6,9-11H2/q+1/t14-/m0/s1. The van der Waals surface area contributed by atoms with Crippen molar-refractivity contribution in [1.29, 1.82) is 0 Å². The van der Waals surface area contributed by atoms with Crippen LogP contribution >= 0.6 is 11.8 Å². The Hall–Kier alpha value is -0.800. The van der Waals surface area contributed by atoms with Gasteiger partial charge in [0, 0.05) is 12.8 Å². The number of rotatable bonds is 1. The van der Waals surface area contributed by atoms with Crippen LogP contribution in [-0.4, -0.2) is 27.0 Å². The van der Waals surface area contributed by atoms with Crippen molar-refractivity contribution in [2.45, 2.75) is 31.4 Å². The maximum absolute atomic E-state index is 11.0. The average Bonchev–Trinajstić information content (AvgIpc) is 2.57. The Morgan fingerprint density at radius 1 is 1.12 bits per heavy atom. The van der Waals surface area contributed by atoms with Crippen LogP contribution < -0.4 is 0 Å². The highest BCUT2D eigenvalue weighted by atomic mass is 32.2. The van der Waals surface area contributed by atoms with Gasteiger partial charge in [-0.05, 0) is 25.0 Å². The summed E-state index contributed by atoms with van der Waals surface area (Å²) < 4.78 is 2.24. The van der Waals surface area contributed by atoms with Gasteiger partial charge in [0.15, 0.2) is 0 Å². The molecule has 2 heterocycles. The van der Waals surface area contributed by atoms with Gasteiger partial charge in [0.1, 0.15) is 12.3 Å². The van der Waals surface area contributed by atoms with Gasteiger partial charge in [-0.25, -0.2) is 0 Å². The van der Waals surface area contributed by atoms with Gasteiger partial charge in [0.25, 0.3) is 0 Å². The first-order valence-electron chi connectivity index (χ1n) is 6.35. The smallest absolute Gasteiger partial charge is 0.302 e. The van der Waals surface area contributed by atoms with E-state index in [-0.39, 0.29) is 0 Å². The molecule has 3 heteroatoms. The number of hydrogen-bond acceptors (Lipinski definition) is 2. The summed E-state index contributed by atoms with van der Waals surface area (Å²) in [5, 5.41) is 12.4. The third kappa shape index (κ3) is 1.91. The lowest BCUT2D eigenvalue weighted by molar-refractivity contribution is -0.658. The summed E-state index contributed by atoms with van der Waals surface area (Å²) in [7, 11) is 0. The summed E-state index contributed by atoms with van der Waals surface area (Å²) >= 11 is 1.83.